The highest BCUT2D eigenvalue weighted by Crippen LogP contribution is 2.38. The molecule has 0 radical (unpaired) electrons. The second-order valence-electron chi connectivity index (χ2n) is 6.25. The van der Waals surface area contributed by atoms with Crippen LogP contribution in [0.1, 0.15) is 16.2 Å². The topological polar surface area (TPSA) is 88.5 Å². The van der Waals surface area contributed by atoms with Crippen LogP contribution in [0, 0.1) is 5.82 Å². The van der Waals surface area contributed by atoms with E-state index in [0.29, 0.717) is 17.0 Å². The van der Waals surface area contributed by atoms with Crippen molar-refractivity contribution in [2.75, 3.05) is 5.32 Å². The first kappa shape index (κ1) is 18.6. The molecule has 0 unspecified atom stereocenters. The number of fused-ring (bicyclic) bond motifs is 1. The molecule has 29 heavy (non-hydrogen) atoms. The maximum absolute atomic E-state index is 13.6. The summed E-state index contributed by atoms with van der Waals surface area (Å²) in [4.78, 5) is 19.1. The number of hydrogen-bond acceptors (Lipinski definition) is 4. The number of H-pyrrole nitrogens is 1. The summed E-state index contributed by atoms with van der Waals surface area (Å²) < 4.78 is 54.9. The molecule has 11 heteroatoms. The van der Waals surface area contributed by atoms with Gasteiger partial charge in [0.2, 0.25) is 5.82 Å². The van der Waals surface area contributed by atoms with E-state index in [9.17, 15) is 22.4 Å². The first-order valence-corrected chi connectivity index (χ1v) is 8.23. The number of alkyl halides is 3. The van der Waals surface area contributed by atoms with Crippen LogP contribution in [0.2, 0.25) is 0 Å². The van der Waals surface area contributed by atoms with E-state index in [2.05, 4.69) is 25.5 Å². The zero-order valence-corrected chi connectivity index (χ0v) is 14.8. The Hall–Kier alpha value is -3.76. The van der Waals surface area contributed by atoms with Gasteiger partial charge in [-0.15, -0.1) is 10.2 Å². The van der Waals surface area contributed by atoms with Crippen molar-refractivity contribution in [2.24, 2.45) is 7.05 Å². The molecule has 1 aromatic carbocycles. The molecule has 0 atom stereocenters. The fourth-order valence-corrected chi connectivity index (χ4v) is 2.89. The summed E-state index contributed by atoms with van der Waals surface area (Å²) in [7, 11) is 1.60. The van der Waals surface area contributed by atoms with Gasteiger partial charge in [0.15, 0.2) is 0 Å². The van der Waals surface area contributed by atoms with Crippen LogP contribution in [0.25, 0.3) is 22.2 Å². The summed E-state index contributed by atoms with van der Waals surface area (Å²) in [5, 5.41) is 10.3. The monoisotopic (exact) mass is 404 g/mol. The Morgan fingerprint density at radius 2 is 2.00 bits per heavy atom. The van der Waals surface area contributed by atoms with Gasteiger partial charge in [0.1, 0.15) is 18.0 Å². The third-order valence-corrected chi connectivity index (χ3v) is 4.24. The van der Waals surface area contributed by atoms with Crippen LogP contribution in [0.5, 0.6) is 0 Å². The van der Waals surface area contributed by atoms with Crippen molar-refractivity contribution < 1.29 is 22.4 Å². The van der Waals surface area contributed by atoms with Crippen LogP contribution >= 0.6 is 0 Å². The van der Waals surface area contributed by atoms with E-state index in [1.807, 2.05) is 0 Å². The van der Waals surface area contributed by atoms with E-state index in [1.54, 1.807) is 7.05 Å². The number of benzene rings is 1. The summed E-state index contributed by atoms with van der Waals surface area (Å²) in [5.74, 6) is -1.11. The third kappa shape index (κ3) is 3.53. The largest absolute Gasteiger partial charge is 0.417 e. The highest BCUT2D eigenvalue weighted by Gasteiger charge is 2.34. The fraction of sp³-hybridized carbons (Fsp3) is 0.111. The average Bonchev–Trinajstić information content (AvgIpc) is 3.26. The fourth-order valence-electron chi connectivity index (χ4n) is 2.89. The van der Waals surface area contributed by atoms with Gasteiger partial charge in [-0.05, 0) is 24.3 Å². The number of anilines is 1. The number of amides is 1. The lowest BCUT2D eigenvalue weighted by molar-refractivity contribution is -0.137. The van der Waals surface area contributed by atoms with Crippen LogP contribution < -0.4 is 5.32 Å². The first-order chi connectivity index (χ1) is 13.7. The van der Waals surface area contributed by atoms with E-state index in [0.717, 1.165) is 12.1 Å². The smallest absolute Gasteiger partial charge is 0.354 e. The number of hydrogen-bond donors (Lipinski definition) is 2. The molecule has 7 nitrogen and oxygen atoms in total. The zero-order chi connectivity index (χ0) is 20.8. The second kappa shape index (κ2) is 6.69. The molecule has 3 heterocycles. The summed E-state index contributed by atoms with van der Waals surface area (Å²) in [6.45, 7) is 0. The molecule has 4 aromatic rings. The molecule has 3 aromatic heterocycles. The van der Waals surface area contributed by atoms with E-state index < -0.39 is 23.5 Å². The summed E-state index contributed by atoms with van der Waals surface area (Å²) in [6, 6.07) is 5.16. The lowest BCUT2D eigenvalue weighted by atomic mass is 10.0. The standard InChI is InChI=1S/C18H12F4N6O/c1-28-8-24-27-16(28)17(29)26-15-6-13-9(7-23-15)4-14(25-13)11-5-10(19)2-3-12(11)18(20,21)22/h2-8,25H,1H3,(H,23,26,29). The van der Waals surface area contributed by atoms with Gasteiger partial charge in [0.25, 0.3) is 5.91 Å². The molecule has 4 rings (SSSR count). The SMILES string of the molecule is Cn1cnnc1C(=O)Nc1cc2[nH]c(-c3cc(F)ccc3C(F)(F)F)cc2cn1. The van der Waals surface area contributed by atoms with Crippen molar-refractivity contribution in [3.8, 4) is 11.3 Å². The van der Waals surface area contributed by atoms with Gasteiger partial charge in [-0.1, -0.05) is 0 Å². The molecular weight excluding hydrogens is 392 g/mol. The normalized spacial score (nSPS) is 11.8. The van der Waals surface area contributed by atoms with Crippen LogP contribution in [0.15, 0.2) is 42.9 Å². The minimum absolute atomic E-state index is 0.0636. The summed E-state index contributed by atoms with van der Waals surface area (Å²) in [5.41, 5.74) is -0.793. The zero-order valence-electron chi connectivity index (χ0n) is 14.8. The lowest BCUT2D eigenvalue weighted by Crippen LogP contribution is -2.17. The average molecular weight is 404 g/mol. The number of nitrogens with one attached hydrogen (secondary N) is 2. The Labute approximate surface area is 160 Å². The maximum atomic E-state index is 13.6. The molecular formula is C18H12F4N6O. The van der Waals surface area contributed by atoms with Crippen LogP contribution in [0.3, 0.4) is 0 Å². The van der Waals surface area contributed by atoms with E-state index >= 15 is 0 Å². The Bertz CT molecular complexity index is 1230. The van der Waals surface area contributed by atoms with Gasteiger partial charge < -0.3 is 14.9 Å². The molecule has 1 amide bonds. The van der Waals surface area contributed by atoms with Crippen LogP contribution in [-0.2, 0) is 13.2 Å². The van der Waals surface area contributed by atoms with Gasteiger partial charge >= 0.3 is 6.18 Å². The van der Waals surface area contributed by atoms with Crippen molar-refractivity contribution in [3.05, 3.63) is 60.1 Å². The first-order valence-electron chi connectivity index (χ1n) is 8.23. The van der Waals surface area contributed by atoms with Crippen molar-refractivity contribution in [3.63, 3.8) is 0 Å². The van der Waals surface area contributed by atoms with Crippen molar-refractivity contribution in [1.29, 1.82) is 0 Å². The van der Waals surface area contributed by atoms with E-state index in [4.69, 9.17) is 0 Å². The number of aromatic amines is 1. The molecule has 0 saturated heterocycles. The van der Waals surface area contributed by atoms with Gasteiger partial charge in [-0.3, -0.25) is 4.79 Å². The minimum atomic E-state index is -4.65. The molecule has 0 spiro atoms. The van der Waals surface area contributed by atoms with Crippen LogP contribution in [-0.4, -0.2) is 30.6 Å². The van der Waals surface area contributed by atoms with Crippen molar-refractivity contribution in [1.82, 2.24) is 24.7 Å². The Morgan fingerprint density at radius 3 is 2.69 bits per heavy atom. The lowest BCUT2D eigenvalue weighted by Gasteiger charge is -2.11. The molecule has 0 fully saturated rings. The maximum Gasteiger partial charge on any atom is 0.417 e. The summed E-state index contributed by atoms with van der Waals surface area (Å²) >= 11 is 0. The van der Waals surface area contributed by atoms with Crippen molar-refractivity contribution in [2.45, 2.75) is 6.18 Å². The number of halogens is 4. The number of carbonyl (C=O) groups excluding carboxylic acids is 1. The predicted octanol–water partition coefficient (Wildman–Crippen LogP) is 3.77. The third-order valence-electron chi connectivity index (χ3n) is 4.24. The molecule has 0 aliphatic carbocycles. The number of rotatable bonds is 3. The molecule has 2 N–H and O–H groups in total. The van der Waals surface area contributed by atoms with Crippen LogP contribution in [0.4, 0.5) is 23.4 Å². The quantitative estimate of drug-likeness (QED) is 0.509. The number of nitrogens with zero attached hydrogens (tertiary/aromatic N) is 4. The van der Waals surface area contributed by atoms with Gasteiger partial charge in [0, 0.05) is 36.0 Å². The summed E-state index contributed by atoms with van der Waals surface area (Å²) in [6.07, 6.45) is -1.90. The predicted molar refractivity (Wildman–Crippen MR) is 95.4 cm³/mol. The van der Waals surface area contributed by atoms with E-state index in [1.165, 1.54) is 29.2 Å². The Morgan fingerprint density at radius 1 is 1.21 bits per heavy atom. The number of carbonyl (C=O) groups is 1. The highest BCUT2D eigenvalue weighted by molar-refractivity contribution is 6.02. The Kier molecular flexibility index (Phi) is 4.29. The van der Waals surface area contributed by atoms with Crippen molar-refractivity contribution >= 4 is 22.6 Å². The molecule has 0 aliphatic heterocycles. The molecule has 0 saturated carbocycles. The van der Waals surface area contributed by atoms with Gasteiger partial charge in [-0.25, -0.2) is 9.37 Å². The van der Waals surface area contributed by atoms with Gasteiger partial charge in [0.05, 0.1) is 11.1 Å². The molecule has 0 aliphatic rings. The highest BCUT2D eigenvalue weighted by atomic mass is 19.4. The second-order valence-corrected chi connectivity index (χ2v) is 6.25. The number of pyridine rings is 1. The molecule has 148 valence electrons. The number of aryl methyl sites for hydroxylation is 1. The minimum Gasteiger partial charge on any atom is -0.354 e. The number of aromatic nitrogens is 5. The molecule has 0 bridgehead atoms. The van der Waals surface area contributed by atoms with Gasteiger partial charge in [-0.2, -0.15) is 13.2 Å². The van der Waals surface area contributed by atoms with E-state index in [-0.39, 0.29) is 22.9 Å². The Balaban J connectivity index is 1.71.